The first-order valence-corrected chi connectivity index (χ1v) is 19.2. The fraction of sp³-hybridized carbons (Fsp3) is 0.359. The van der Waals surface area contributed by atoms with Crippen molar-refractivity contribution in [2.24, 2.45) is 5.92 Å². The van der Waals surface area contributed by atoms with E-state index in [4.69, 9.17) is 32.9 Å². The van der Waals surface area contributed by atoms with E-state index < -0.39 is 74.6 Å². The second kappa shape index (κ2) is 17.9. The standard InChI is InChI=1S/C39H42N5O13P/c1-6-53-30(45)21-54-32-36(44-22-40-31-33(44)41-37(43-35(31)47)42-34(46)23(2)3)56-29(39(32,48)57-58(49)50)20-55-38(24-10-8-7-9-11-24,25-12-16-27(51-4)17-13-25)26-14-18-28(52-5)19-15-26/h7-19,22-23,29,32,36,48H,6,20-21H2,1-5H3,(H2-,41,42,43,46,47,49,50)/p+1/t29-,32+,36-,39-/m1/s1. The molecule has 4 N–H and O–H groups in total. The normalized spacial score (nSPS) is 19.6. The van der Waals surface area contributed by atoms with Gasteiger partial charge in [-0.05, 0) is 47.9 Å². The Bertz CT molecular complexity index is 2240. The first-order valence-electron chi connectivity index (χ1n) is 18.1. The van der Waals surface area contributed by atoms with Crippen LogP contribution in [0.5, 0.6) is 11.5 Å². The van der Waals surface area contributed by atoms with Crippen molar-refractivity contribution in [3.05, 3.63) is 112 Å². The van der Waals surface area contributed by atoms with Gasteiger partial charge >= 0.3 is 14.2 Å². The highest BCUT2D eigenvalue weighted by molar-refractivity contribution is 7.32. The number of carbonyl (C=O) groups is 2. The van der Waals surface area contributed by atoms with E-state index in [0.717, 1.165) is 6.33 Å². The lowest BCUT2D eigenvalue weighted by molar-refractivity contribution is -0.234. The highest BCUT2D eigenvalue weighted by atomic mass is 31.1. The maximum Gasteiger partial charge on any atom is 0.697 e. The van der Waals surface area contributed by atoms with Crippen LogP contribution in [0.3, 0.4) is 0 Å². The molecule has 3 heterocycles. The summed E-state index contributed by atoms with van der Waals surface area (Å²) in [6, 6.07) is 23.5. The quantitative estimate of drug-likeness (QED) is 0.0451. The number of esters is 1. The maximum atomic E-state index is 13.1. The van der Waals surface area contributed by atoms with Gasteiger partial charge in [-0.3, -0.25) is 24.5 Å². The molecule has 5 aromatic rings. The molecule has 1 amide bonds. The molecule has 1 aliphatic heterocycles. The van der Waals surface area contributed by atoms with Gasteiger partial charge < -0.3 is 33.5 Å². The van der Waals surface area contributed by atoms with Crippen LogP contribution in [0.2, 0.25) is 0 Å². The zero-order valence-electron chi connectivity index (χ0n) is 32.2. The van der Waals surface area contributed by atoms with E-state index in [2.05, 4.69) is 20.3 Å². The van der Waals surface area contributed by atoms with E-state index in [1.165, 1.54) is 18.8 Å². The summed E-state index contributed by atoms with van der Waals surface area (Å²) < 4.78 is 54.3. The van der Waals surface area contributed by atoms with Crippen molar-refractivity contribution >= 4 is 37.2 Å². The summed E-state index contributed by atoms with van der Waals surface area (Å²) in [6.45, 7) is 3.58. The number of rotatable bonds is 17. The predicted octanol–water partition coefficient (Wildman–Crippen LogP) is 3.94. The molecule has 0 spiro atoms. The van der Waals surface area contributed by atoms with Crippen LogP contribution >= 0.6 is 8.25 Å². The summed E-state index contributed by atoms with van der Waals surface area (Å²) in [5, 5.41) is 15.0. The number of anilines is 1. The molecule has 19 heteroatoms. The SMILES string of the molecule is CCOC(=O)CO[C@H]1[C@H](n2cnc3c(=O)[nH]c(NC(=O)C(C)C)nc32)O[C@H](COC(c2ccccc2)(c2ccc(OC)cc2)c2ccc(OC)cc2)[C@@]1(O)O[P+](=O)O. The number of nitrogens with one attached hydrogen (secondary N) is 2. The molecule has 306 valence electrons. The molecule has 0 saturated carbocycles. The number of aromatic nitrogens is 4. The van der Waals surface area contributed by atoms with Gasteiger partial charge in [0.1, 0.15) is 29.8 Å². The number of hydrogen-bond donors (Lipinski definition) is 4. The van der Waals surface area contributed by atoms with Gasteiger partial charge in [-0.15, -0.1) is 4.89 Å². The minimum absolute atomic E-state index is 0.00847. The number of fused-ring (bicyclic) bond motifs is 1. The van der Waals surface area contributed by atoms with E-state index in [1.807, 2.05) is 54.6 Å². The molecule has 6 rings (SSSR count). The lowest BCUT2D eigenvalue weighted by atomic mass is 9.80. The van der Waals surface area contributed by atoms with Crippen molar-refractivity contribution in [2.75, 3.05) is 39.4 Å². The molecule has 3 aromatic carbocycles. The Morgan fingerprint density at radius 2 is 1.60 bits per heavy atom. The third kappa shape index (κ3) is 8.49. The van der Waals surface area contributed by atoms with Crippen LogP contribution in [0, 0.1) is 5.92 Å². The Morgan fingerprint density at radius 1 is 1.00 bits per heavy atom. The molecular weight excluding hydrogens is 777 g/mol. The van der Waals surface area contributed by atoms with Crippen LogP contribution < -0.4 is 20.3 Å². The largest absolute Gasteiger partial charge is 0.697 e. The Labute approximate surface area is 332 Å². The van der Waals surface area contributed by atoms with Crippen LogP contribution in [0.25, 0.3) is 11.2 Å². The monoisotopic (exact) mass is 820 g/mol. The summed E-state index contributed by atoms with van der Waals surface area (Å²) in [5.74, 6) is -3.62. The maximum absolute atomic E-state index is 13.1. The van der Waals surface area contributed by atoms with E-state index in [0.29, 0.717) is 28.2 Å². The summed E-state index contributed by atoms with van der Waals surface area (Å²) in [4.78, 5) is 59.5. The number of imidazole rings is 1. The number of ether oxygens (including phenoxy) is 6. The first kappa shape index (κ1) is 42.0. The number of methoxy groups -OCH3 is 2. The summed E-state index contributed by atoms with van der Waals surface area (Å²) in [5.41, 5.74) is -0.613. The van der Waals surface area contributed by atoms with Crippen molar-refractivity contribution in [2.45, 2.75) is 50.6 Å². The van der Waals surface area contributed by atoms with Gasteiger partial charge in [0, 0.05) is 10.5 Å². The second-order valence-electron chi connectivity index (χ2n) is 13.3. The minimum Gasteiger partial charge on any atom is -0.497 e. The smallest absolute Gasteiger partial charge is 0.497 e. The first-order chi connectivity index (χ1) is 27.8. The minimum atomic E-state index is -3.57. The topological polar surface area (TPSA) is 232 Å². The third-order valence-electron chi connectivity index (χ3n) is 9.44. The van der Waals surface area contributed by atoms with E-state index >= 15 is 0 Å². The average Bonchev–Trinajstić information content (AvgIpc) is 3.75. The zero-order chi connectivity index (χ0) is 41.6. The lowest BCUT2D eigenvalue weighted by Gasteiger charge is -2.37. The van der Waals surface area contributed by atoms with E-state index in [1.54, 1.807) is 45.0 Å². The number of aromatic amines is 1. The van der Waals surface area contributed by atoms with Gasteiger partial charge in [-0.1, -0.05) is 73.0 Å². The van der Waals surface area contributed by atoms with Crippen molar-refractivity contribution in [1.29, 1.82) is 0 Å². The number of H-pyrrole nitrogens is 1. The number of carbonyl (C=O) groups excluding carboxylic acids is 2. The van der Waals surface area contributed by atoms with Crippen molar-refractivity contribution in [1.82, 2.24) is 19.5 Å². The summed E-state index contributed by atoms with van der Waals surface area (Å²) >= 11 is 0. The second-order valence-corrected chi connectivity index (χ2v) is 14.0. The van der Waals surface area contributed by atoms with Gasteiger partial charge in [0.25, 0.3) is 11.3 Å². The fourth-order valence-corrected chi connectivity index (χ4v) is 7.07. The lowest BCUT2D eigenvalue weighted by Crippen LogP contribution is -2.52. The Morgan fingerprint density at radius 3 is 2.16 bits per heavy atom. The summed E-state index contributed by atoms with van der Waals surface area (Å²) in [6.07, 6.45) is -3.84. The summed E-state index contributed by atoms with van der Waals surface area (Å²) in [7, 11) is -0.488. The van der Waals surface area contributed by atoms with Gasteiger partial charge in [-0.2, -0.15) is 4.98 Å². The number of aliphatic hydroxyl groups is 1. The van der Waals surface area contributed by atoms with Gasteiger partial charge in [-0.25, -0.2) is 9.78 Å². The van der Waals surface area contributed by atoms with Crippen LogP contribution in [-0.2, 0) is 43.2 Å². The molecule has 0 radical (unpaired) electrons. The third-order valence-corrected chi connectivity index (χ3v) is 9.89. The number of benzene rings is 3. The number of hydrogen-bond acceptors (Lipinski definition) is 14. The molecule has 0 bridgehead atoms. The molecular formula is C39H43N5O13P+. The fourth-order valence-electron chi connectivity index (χ4n) is 6.60. The Balaban J connectivity index is 1.49. The number of nitrogens with zero attached hydrogens (tertiary/aromatic N) is 3. The predicted molar refractivity (Wildman–Crippen MR) is 206 cm³/mol. The molecule has 58 heavy (non-hydrogen) atoms. The zero-order valence-corrected chi connectivity index (χ0v) is 33.1. The van der Waals surface area contributed by atoms with Gasteiger partial charge in [0.05, 0.1) is 33.8 Å². The molecule has 2 aromatic heterocycles. The number of amides is 1. The van der Waals surface area contributed by atoms with E-state index in [-0.39, 0.29) is 23.7 Å². The molecule has 1 saturated heterocycles. The van der Waals surface area contributed by atoms with Crippen molar-refractivity contribution < 1.29 is 57.1 Å². The van der Waals surface area contributed by atoms with E-state index in [9.17, 15) is 28.9 Å². The van der Waals surface area contributed by atoms with Crippen molar-refractivity contribution in [3.8, 4) is 11.5 Å². The van der Waals surface area contributed by atoms with Gasteiger partial charge in [0.2, 0.25) is 11.9 Å². The molecule has 18 nitrogen and oxygen atoms in total. The molecule has 0 aliphatic carbocycles. The Hall–Kier alpha value is -5.59. The van der Waals surface area contributed by atoms with Gasteiger partial charge in [0.15, 0.2) is 23.5 Å². The molecule has 5 atom stereocenters. The highest BCUT2D eigenvalue weighted by Crippen LogP contribution is 2.47. The Kier molecular flexibility index (Phi) is 13.0. The van der Waals surface area contributed by atoms with Crippen LogP contribution in [0.15, 0.2) is 90.0 Å². The molecule has 1 fully saturated rings. The van der Waals surface area contributed by atoms with Crippen LogP contribution in [0.1, 0.15) is 43.7 Å². The van der Waals surface area contributed by atoms with Crippen LogP contribution in [0.4, 0.5) is 5.95 Å². The highest BCUT2D eigenvalue weighted by Gasteiger charge is 2.64. The molecule has 1 unspecified atom stereocenters. The average molecular weight is 821 g/mol. The molecule has 1 aliphatic rings. The van der Waals surface area contributed by atoms with Crippen molar-refractivity contribution in [3.63, 3.8) is 0 Å². The van der Waals surface area contributed by atoms with Crippen LogP contribution in [-0.4, -0.2) is 93.4 Å².